The van der Waals surface area contributed by atoms with Crippen molar-refractivity contribution in [1.82, 2.24) is 4.90 Å². The summed E-state index contributed by atoms with van der Waals surface area (Å²) in [6.45, 7) is 0.878. The highest BCUT2D eigenvalue weighted by Gasteiger charge is 2.35. The van der Waals surface area contributed by atoms with Crippen molar-refractivity contribution in [3.63, 3.8) is 0 Å². The number of hydrogen-bond donors (Lipinski definition) is 1. The molecule has 0 radical (unpaired) electrons. The average Bonchev–Trinajstić information content (AvgIpc) is 3.01. The third-order valence-corrected chi connectivity index (χ3v) is 3.45. The van der Waals surface area contributed by atoms with E-state index in [-0.39, 0.29) is 11.9 Å². The number of carbonyl (C=O) groups excluding carboxylic acids is 2. The van der Waals surface area contributed by atoms with Crippen LogP contribution in [0.4, 0.5) is 0 Å². The summed E-state index contributed by atoms with van der Waals surface area (Å²) in [5.41, 5.74) is 6.67. The van der Waals surface area contributed by atoms with Crippen LogP contribution in [0, 0.1) is 11.8 Å². The lowest BCUT2D eigenvalue weighted by Gasteiger charge is -2.22. The van der Waals surface area contributed by atoms with Gasteiger partial charge < -0.3 is 15.4 Å². The second-order valence-corrected chi connectivity index (χ2v) is 4.76. The van der Waals surface area contributed by atoms with Crippen molar-refractivity contribution in [2.45, 2.75) is 18.9 Å². The predicted molar refractivity (Wildman–Crippen MR) is 78.4 cm³/mol. The highest BCUT2D eigenvalue weighted by molar-refractivity contribution is 5.97. The molecule has 1 amide bonds. The molecule has 0 saturated carbocycles. The van der Waals surface area contributed by atoms with Crippen LogP contribution < -0.4 is 5.73 Å². The fraction of sp³-hybridized carbons (Fsp3) is 0.375. The Morgan fingerprint density at radius 3 is 2.71 bits per heavy atom. The lowest BCUT2D eigenvalue weighted by atomic mass is 10.1. The average molecular weight is 286 g/mol. The maximum Gasteiger partial charge on any atom is 0.328 e. The molecule has 1 unspecified atom stereocenters. The summed E-state index contributed by atoms with van der Waals surface area (Å²) in [6, 6.07) is 6.52. The molecule has 5 heteroatoms. The number of likely N-dealkylation sites (tertiary alicyclic amines) is 1. The summed E-state index contributed by atoms with van der Waals surface area (Å²) in [4.78, 5) is 25.7. The van der Waals surface area contributed by atoms with Gasteiger partial charge in [-0.2, -0.15) is 0 Å². The maximum atomic E-state index is 12.5. The molecular formula is C16H18N2O3. The molecule has 1 saturated heterocycles. The first kappa shape index (κ1) is 15.1. The van der Waals surface area contributed by atoms with E-state index < -0.39 is 6.04 Å². The van der Waals surface area contributed by atoms with Gasteiger partial charge in [-0.05, 0) is 37.1 Å². The third-order valence-electron chi connectivity index (χ3n) is 3.45. The molecule has 21 heavy (non-hydrogen) atoms. The molecule has 1 atom stereocenters. The molecule has 110 valence electrons. The third kappa shape index (κ3) is 3.41. The number of rotatable bonds is 2. The summed E-state index contributed by atoms with van der Waals surface area (Å²) in [7, 11) is 1.34. The molecule has 0 aromatic heterocycles. The second-order valence-electron chi connectivity index (χ2n) is 4.76. The van der Waals surface area contributed by atoms with Crippen LogP contribution in [0.2, 0.25) is 0 Å². The van der Waals surface area contributed by atoms with E-state index in [0.717, 1.165) is 12.0 Å². The lowest BCUT2D eigenvalue weighted by Crippen LogP contribution is -2.41. The van der Waals surface area contributed by atoms with Crippen molar-refractivity contribution < 1.29 is 14.3 Å². The zero-order chi connectivity index (χ0) is 15.2. The van der Waals surface area contributed by atoms with E-state index >= 15 is 0 Å². The molecule has 1 aliphatic rings. The van der Waals surface area contributed by atoms with Gasteiger partial charge in [0.1, 0.15) is 6.04 Å². The topological polar surface area (TPSA) is 72.6 Å². The summed E-state index contributed by atoms with van der Waals surface area (Å²) in [5.74, 6) is 5.15. The van der Waals surface area contributed by atoms with Gasteiger partial charge in [0.05, 0.1) is 13.7 Å². The van der Waals surface area contributed by atoms with E-state index in [1.807, 2.05) is 0 Å². The number of benzene rings is 1. The van der Waals surface area contributed by atoms with Crippen LogP contribution in [0.3, 0.4) is 0 Å². The number of nitrogens with two attached hydrogens (primary N) is 1. The van der Waals surface area contributed by atoms with Crippen molar-refractivity contribution >= 4 is 11.9 Å². The smallest absolute Gasteiger partial charge is 0.328 e. The quantitative estimate of drug-likeness (QED) is 0.644. The molecule has 1 aromatic rings. The van der Waals surface area contributed by atoms with Crippen molar-refractivity contribution in [2.75, 3.05) is 20.2 Å². The Bertz CT molecular complexity index is 584. The van der Waals surface area contributed by atoms with Gasteiger partial charge in [-0.3, -0.25) is 4.79 Å². The summed E-state index contributed by atoms with van der Waals surface area (Å²) >= 11 is 0. The Hall–Kier alpha value is -2.32. The van der Waals surface area contributed by atoms with E-state index in [0.29, 0.717) is 25.1 Å². The molecule has 2 N–H and O–H groups in total. The van der Waals surface area contributed by atoms with Crippen LogP contribution in [0.15, 0.2) is 24.3 Å². The van der Waals surface area contributed by atoms with Gasteiger partial charge in [-0.1, -0.05) is 11.8 Å². The number of methoxy groups -OCH3 is 1. The maximum absolute atomic E-state index is 12.5. The largest absolute Gasteiger partial charge is 0.467 e. The molecule has 0 bridgehead atoms. The summed E-state index contributed by atoms with van der Waals surface area (Å²) in [5, 5.41) is 0. The first-order chi connectivity index (χ1) is 10.2. The SMILES string of the molecule is COC(=O)C1CCCN1C(=O)c1ccc(C#CCN)cc1. The van der Waals surface area contributed by atoms with Crippen LogP contribution in [0.1, 0.15) is 28.8 Å². The standard InChI is InChI=1S/C16H18N2O3/c1-21-16(20)14-5-3-11-18(14)15(19)13-8-6-12(7-9-13)4-2-10-17/h6-9,14H,3,5,10-11,17H2,1H3. The molecule has 5 nitrogen and oxygen atoms in total. The van der Waals surface area contributed by atoms with E-state index in [1.165, 1.54) is 7.11 Å². The zero-order valence-electron chi connectivity index (χ0n) is 12.0. The molecule has 1 heterocycles. The number of hydrogen-bond acceptors (Lipinski definition) is 4. The Morgan fingerprint density at radius 1 is 1.38 bits per heavy atom. The summed E-state index contributed by atoms with van der Waals surface area (Å²) in [6.07, 6.45) is 1.46. The summed E-state index contributed by atoms with van der Waals surface area (Å²) < 4.78 is 4.75. The molecule has 1 fully saturated rings. The Balaban J connectivity index is 2.14. The van der Waals surface area contributed by atoms with Gasteiger partial charge in [0, 0.05) is 17.7 Å². The van der Waals surface area contributed by atoms with Gasteiger partial charge in [0.25, 0.3) is 5.91 Å². The highest BCUT2D eigenvalue weighted by Crippen LogP contribution is 2.21. The molecule has 2 rings (SSSR count). The van der Waals surface area contributed by atoms with Crippen molar-refractivity contribution in [2.24, 2.45) is 5.73 Å². The molecule has 0 aliphatic carbocycles. The first-order valence-electron chi connectivity index (χ1n) is 6.85. The Labute approximate surface area is 124 Å². The van der Waals surface area contributed by atoms with Crippen molar-refractivity contribution in [3.8, 4) is 11.8 Å². The molecule has 1 aromatic carbocycles. The minimum absolute atomic E-state index is 0.152. The van der Waals surface area contributed by atoms with Gasteiger partial charge in [-0.15, -0.1) is 0 Å². The predicted octanol–water partition coefficient (Wildman–Crippen LogP) is 0.774. The number of carbonyl (C=O) groups is 2. The fourth-order valence-corrected chi connectivity index (χ4v) is 2.41. The minimum atomic E-state index is -0.473. The zero-order valence-corrected chi connectivity index (χ0v) is 12.0. The van der Waals surface area contributed by atoms with E-state index in [2.05, 4.69) is 11.8 Å². The van der Waals surface area contributed by atoms with Crippen LogP contribution >= 0.6 is 0 Å². The van der Waals surface area contributed by atoms with Crippen molar-refractivity contribution in [1.29, 1.82) is 0 Å². The minimum Gasteiger partial charge on any atom is -0.467 e. The monoisotopic (exact) mass is 286 g/mol. The highest BCUT2D eigenvalue weighted by atomic mass is 16.5. The first-order valence-corrected chi connectivity index (χ1v) is 6.85. The molecule has 0 spiro atoms. The number of amides is 1. The Morgan fingerprint density at radius 2 is 2.10 bits per heavy atom. The second kappa shape index (κ2) is 6.91. The van der Waals surface area contributed by atoms with Gasteiger partial charge >= 0.3 is 5.97 Å². The van der Waals surface area contributed by atoms with Gasteiger partial charge in [-0.25, -0.2) is 4.79 Å². The van der Waals surface area contributed by atoms with Gasteiger partial charge in [0.2, 0.25) is 0 Å². The van der Waals surface area contributed by atoms with Crippen LogP contribution in [0.25, 0.3) is 0 Å². The molecular weight excluding hydrogens is 268 g/mol. The van der Waals surface area contributed by atoms with Crippen LogP contribution in [-0.2, 0) is 9.53 Å². The van der Waals surface area contributed by atoms with E-state index in [9.17, 15) is 9.59 Å². The lowest BCUT2D eigenvalue weighted by molar-refractivity contribution is -0.145. The van der Waals surface area contributed by atoms with E-state index in [4.69, 9.17) is 10.5 Å². The number of esters is 1. The Kier molecular flexibility index (Phi) is 4.96. The van der Waals surface area contributed by atoms with Crippen molar-refractivity contribution in [3.05, 3.63) is 35.4 Å². The van der Waals surface area contributed by atoms with Crippen LogP contribution in [0.5, 0.6) is 0 Å². The fourth-order valence-electron chi connectivity index (χ4n) is 2.41. The molecule has 1 aliphatic heterocycles. The number of nitrogens with zero attached hydrogens (tertiary/aromatic N) is 1. The van der Waals surface area contributed by atoms with E-state index in [1.54, 1.807) is 29.2 Å². The number of ether oxygens (including phenoxy) is 1. The van der Waals surface area contributed by atoms with Crippen LogP contribution in [-0.4, -0.2) is 43.0 Å². The van der Waals surface area contributed by atoms with Gasteiger partial charge in [0.15, 0.2) is 0 Å². The normalized spacial score (nSPS) is 17.0.